The van der Waals surface area contributed by atoms with Crippen LogP contribution >= 0.6 is 27.5 Å². The molecule has 1 N–H and O–H groups in total. The van der Waals surface area contributed by atoms with Crippen LogP contribution in [-0.4, -0.2) is 6.54 Å². The van der Waals surface area contributed by atoms with Crippen molar-refractivity contribution < 1.29 is 0 Å². The lowest BCUT2D eigenvalue weighted by Crippen LogP contribution is -2.23. The van der Waals surface area contributed by atoms with Crippen LogP contribution in [0.25, 0.3) is 0 Å². The molecule has 1 atom stereocenters. The van der Waals surface area contributed by atoms with Gasteiger partial charge in [-0.1, -0.05) is 58.7 Å². The maximum atomic E-state index is 5.94. The van der Waals surface area contributed by atoms with Crippen LogP contribution in [0.3, 0.4) is 0 Å². The number of likely N-dealkylation sites (N-methyl/N-ethyl adjacent to an activating group) is 1. The lowest BCUT2D eigenvalue weighted by atomic mass is 9.97. The van der Waals surface area contributed by atoms with Crippen molar-refractivity contribution in [1.82, 2.24) is 5.32 Å². The molecule has 0 aliphatic rings. The molecule has 0 fully saturated rings. The molecule has 0 amide bonds. The van der Waals surface area contributed by atoms with E-state index in [1.165, 1.54) is 16.7 Å². The van der Waals surface area contributed by atoms with E-state index in [4.69, 9.17) is 11.6 Å². The normalized spacial score (nSPS) is 12.4. The topological polar surface area (TPSA) is 12.0 Å². The van der Waals surface area contributed by atoms with Gasteiger partial charge in [-0.2, -0.15) is 0 Å². The van der Waals surface area contributed by atoms with Crippen molar-refractivity contribution in [2.24, 2.45) is 0 Å². The van der Waals surface area contributed by atoms with Gasteiger partial charge in [0.1, 0.15) is 0 Å². The molecule has 2 rings (SSSR count). The highest BCUT2D eigenvalue weighted by molar-refractivity contribution is 9.10. The van der Waals surface area contributed by atoms with Crippen LogP contribution in [0.5, 0.6) is 0 Å². The molecule has 0 saturated heterocycles. The van der Waals surface area contributed by atoms with Gasteiger partial charge in [0.15, 0.2) is 0 Å². The Morgan fingerprint density at radius 3 is 2.45 bits per heavy atom. The fraction of sp³-hybridized carbons (Fsp3) is 0.294. The molecule has 1 nitrogen and oxygen atoms in total. The molecule has 2 aromatic rings. The summed E-state index contributed by atoms with van der Waals surface area (Å²) < 4.78 is 1.16. The molecule has 0 aliphatic carbocycles. The van der Waals surface area contributed by atoms with Crippen molar-refractivity contribution in [2.75, 3.05) is 6.54 Å². The Bertz CT molecular complexity index is 566. The molecule has 0 aromatic heterocycles. The van der Waals surface area contributed by atoms with E-state index >= 15 is 0 Å². The Hall–Kier alpha value is -0.830. The summed E-state index contributed by atoms with van der Waals surface area (Å²) in [7, 11) is 0. The van der Waals surface area contributed by atoms with E-state index in [0.29, 0.717) is 6.04 Å². The molecule has 0 saturated carbocycles. The maximum absolute atomic E-state index is 5.94. The molecule has 1 unspecified atom stereocenters. The molecule has 2 aromatic carbocycles. The Labute approximate surface area is 134 Å². The lowest BCUT2D eigenvalue weighted by Gasteiger charge is -2.19. The molecular formula is C17H19BrClN. The SMILES string of the molecule is CCNC(Cc1ccc(Cl)cc1)c1ccc(Br)c(C)c1. The summed E-state index contributed by atoms with van der Waals surface area (Å²) in [4.78, 5) is 0. The summed E-state index contributed by atoms with van der Waals surface area (Å²) in [6.07, 6.45) is 0.964. The highest BCUT2D eigenvalue weighted by Crippen LogP contribution is 2.24. The summed E-state index contributed by atoms with van der Waals surface area (Å²) in [6, 6.07) is 15.0. The predicted octanol–water partition coefficient (Wildman–Crippen LogP) is 5.30. The van der Waals surface area contributed by atoms with Crippen LogP contribution in [0.4, 0.5) is 0 Å². The monoisotopic (exact) mass is 351 g/mol. The third kappa shape index (κ3) is 4.08. The predicted molar refractivity (Wildman–Crippen MR) is 90.5 cm³/mol. The second-order valence-corrected chi connectivity index (χ2v) is 6.24. The highest BCUT2D eigenvalue weighted by atomic mass is 79.9. The van der Waals surface area contributed by atoms with Gasteiger partial charge in [0.25, 0.3) is 0 Å². The van der Waals surface area contributed by atoms with Crippen LogP contribution in [0, 0.1) is 6.92 Å². The maximum Gasteiger partial charge on any atom is 0.0406 e. The van der Waals surface area contributed by atoms with Gasteiger partial charge in [-0.15, -0.1) is 0 Å². The third-order valence-electron chi connectivity index (χ3n) is 3.39. The van der Waals surface area contributed by atoms with Crippen LogP contribution in [0.1, 0.15) is 29.7 Å². The van der Waals surface area contributed by atoms with Gasteiger partial charge in [0.05, 0.1) is 0 Å². The third-order valence-corrected chi connectivity index (χ3v) is 4.53. The van der Waals surface area contributed by atoms with Gasteiger partial charge in [-0.05, 0) is 54.8 Å². The molecule has 106 valence electrons. The second kappa shape index (κ2) is 7.26. The second-order valence-electron chi connectivity index (χ2n) is 4.95. The van der Waals surface area contributed by atoms with E-state index in [2.05, 4.69) is 65.4 Å². The Morgan fingerprint density at radius 2 is 1.85 bits per heavy atom. The van der Waals surface area contributed by atoms with Crippen LogP contribution in [0.2, 0.25) is 5.02 Å². The van der Waals surface area contributed by atoms with Gasteiger partial charge < -0.3 is 5.32 Å². The van der Waals surface area contributed by atoms with Crippen LogP contribution < -0.4 is 5.32 Å². The zero-order valence-electron chi connectivity index (χ0n) is 11.8. The zero-order valence-corrected chi connectivity index (χ0v) is 14.1. The Kier molecular flexibility index (Phi) is 5.64. The van der Waals surface area contributed by atoms with Crippen molar-refractivity contribution >= 4 is 27.5 Å². The van der Waals surface area contributed by atoms with Gasteiger partial charge in [-0.25, -0.2) is 0 Å². The largest absolute Gasteiger partial charge is 0.310 e. The fourth-order valence-corrected chi connectivity index (χ4v) is 2.67. The first-order chi connectivity index (χ1) is 9.60. The van der Waals surface area contributed by atoms with Crippen molar-refractivity contribution in [3.05, 3.63) is 68.7 Å². The average Bonchev–Trinajstić information content (AvgIpc) is 2.44. The lowest BCUT2D eigenvalue weighted by molar-refractivity contribution is 0.549. The molecule has 0 aliphatic heterocycles. The van der Waals surface area contributed by atoms with Crippen molar-refractivity contribution in [3.8, 4) is 0 Å². The standard InChI is InChI=1S/C17H19BrClN/c1-3-20-17(11-13-4-7-15(19)8-5-13)14-6-9-16(18)12(2)10-14/h4-10,17,20H,3,11H2,1-2H3. The van der Waals surface area contributed by atoms with E-state index < -0.39 is 0 Å². The first-order valence-electron chi connectivity index (χ1n) is 6.84. The quantitative estimate of drug-likeness (QED) is 0.769. The van der Waals surface area contributed by atoms with E-state index in [1.807, 2.05) is 12.1 Å². The van der Waals surface area contributed by atoms with Gasteiger partial charge in [0.2, 0.25) is 0 Å². The molecule has 0 spiro atoms. The summed E-state index contributed by atoms with van der Waals surface area (Å²) in [5.41, 5.74) is 3.88. The number of benzene rings is 2. The number of halogens is 2. The average molecular weight is 353 g/mol. The first-order valence-corrected chi connectivity index (χ1v) is 8.01. The number of hydrogen-bond donors (Lipinski definition) is 1. The minimum atomic E-state index is 0.327. The van der Waals surface area contributed by atoms with Crippen LogP contribution in [0.15, 0.2) is 46.9 Å². The van der Waals surface area contributed by atoms with Crippen molar-refractivity contribution in [3.63, 3.8) is 0 Å². The Morgan fingerprint density at radius 1 is 1.15 bits per heavy atom. The molecule has 3 heteroatoms. The molecule has 0 radical (unpaired) electrons. The molecule has 0 heterocycles. The highest BCUT2D eigenvalue weighted by Gasteiger charge is 2.12. The molecule has 0 bridgehead atoms. The summed E-state index contributed by atoms with van der Waals surface area (Å²) in [5.74, 6) is 0. The number of rotatable bonds is 5. The fourth-order valence-electron chi connectivity index (χ4n) is 2.30. The summed E-state index contributed by atoms with van der Waals surface area (Å²) >= 11 is 9.50. The van der Waals surface area contributed by atoms with E-state index in [-0.39, 0.29) is 0 Å². The molecule has 20 heavy (non-hydrogen) atoms. The molecular weight excluding hydrogens is 334 g/mol. The number of nitrogens with one attached hydrogen (secondary N) is 1. The smallest absolute Gasteiger partial charge is 0.0406 e. The van der Waals surface area contributed by atoms with Crippen LogP contribution in [-0.2, 0) is 6.42 Å². The zero-order chi connectivity index (χ0) is 14.5. The van der Waals surface area contributed by atoms with E-state index in [9.17, 15) is 0 Å². The van der Waals surface area contributed by atoms with Gasteiger partial charge in [-0.3, -0.25) is 0 Å². The number of aryl methyl sites for hydroxylation is 1. The summed E-state index contributed by atoms with van der Waals surface area (Å²) in [5, 5.41) is 4.35. The Balaban J connectivity index is 2.21. The van der Waals surface area contributed by atoms with Crippen molar-refractivity contribution in [1.29, 1.82) is 0 Å². The number of hydrogen-bond acceptors (Lipinski definition) is 1. The summed E-state index contributed by atoms with van der Waals surface area (Å²) in [6.45, 7) is 5.22. The van der Waals surface area contributed by atoms with Crippen molar-refractivity contribution in [2.45, 2.75) is 26.3 Å². The van der Waals surface area contributed by atoms with Gasteiger partial charge in [0, 0.05) is 15.5 Å². The van der Waals surface area contributed by atoms with E-state index in [0.717, 1.165) is 22.5 Å². The minimum Gasteiger partial charge on any atom is -0.310 e. The minimum absolute atomic E-state index is 0.327. The van der Waals surface area contributed by atoms with E-state index in [1.54, 1.807) is 0 Å². The first kappa shape index (κ1) is 15.6. The van der Waals surface area contributed by atoms with Gasteiger partial charge >= 0.3 is 0 Å².